The number of likely N-dealkylation sites (N-methyl/N-ethyl adjacent to an activating group) is 1. The number of hydrogen-bond acceptors (Lipinski definition) is 6. The topological polar surface area (TPSA) is 145 Å². The number of nitrogens with zero attached hydrogens (tertiary/aromatic N) is 2. The molecule has 1 aliphatic heterocycles. The van der Waals surface area contributed by atoms with Gasteiger partial charge in [-0.2, -0.15) is 0 Å². The fraction of sp³-hybridized carbons (Fsp3) is 0.348. The molecule has 2 aromatic carbocycles. The number of hydrogen-bond donors (Lipinski definition) is 3. The Labute approximate surface area is 214 Å². The minimum Gasteiger partial charge on any atom is -0.465 e. The summed E-state index contributed by atoms with van der Waals surface area (Å²) < 4.78 is 33.6. The lowest BCUT2D eigenvalue weighted by Crippen LogP contribution is -2.46. The Hall–Kier alpha value is -3.35. The molecule has 194 valence electrons. The average molecular weight is 539 g/mol. The van der Waals surface area contributed by atoms with Crippen molar-refractivity contribution in [3.63, 3.8) is 0 Å². The fourth-order valence-corrected chi connectivity index (χ4v) is 5.18. The Kier molecular flexibility index (Phi) is 9.13. The summed E-state index contributed by atoms with van der Waals surface area (Å²) in [5.74, 6) is -1.12. The first-order chi connectivity index (χ1) is 17.1. The molecule has 1 fully saturated rings. The van der Waals surface area contributed by atoms with Crippen molar-refractivity contribution < 1.29 is 32.6 Å². The van der Waals surface area contributed by atoms with E-state index < -0.39 is 41.0 Å². The Bertz CT molecular complexity index is 1220. The van der Waals surface area contributed by atoms with Crippen LogP contribution >= 0.6 is 11.6 Å². The molecule has 2 aromatic rings. The highest BCUT2D eigenvalue weighted by molar-refractivity contribution is 7.92. The van der Waals surface area contributed by atoms with E-state index >= 15 is 0 Å². The van der Waals surface area contributed by atoms with Crippen LogP contribution < -0.4 is 14.9 Å². The van der Waals surface area contributed by atoms with Gasteiger partial charge in [0.1, 0.15) is 13.1 Å². The van der Waals surface area contributed by atoms with Gasteiger partial charge in [-0.25, -0.2) is 13.2 Å². The molecule has 1 saturated heterocycles. The Morgan fingerprint density at radius 1 is 1.06 bits per heavy atom. The Balaban J connectivity index is 1.85. The first kappa shape index (κ1) is 27.2. The van der Waals surface area contributed by atoms with Gasteiger partial charge >= 0.3 is 6.09 Å². The van der Waals surface area contributed by atoms with Crippen LogP contribution in [-0.4, -0.2) is 75.7 Å². The Morgan fingerprint density at radius 2 is 1.75 bits per heavy atom. The van der Waals surface area contributed by atoms with Gasteiger partial charge in [0, 0.05) is 37.0 Å². The van der Waals surface area contributed by atoms with Crippen molar-refractivity contribution in [2.24, 2.45) is 0 Å². The number of nitrogens with one attached hydrogen (secondary N) is 2. The van der Waals surface area contributed by atoms with Crippen molar-refractivity contribution >= 4 is 50.9 Å². The summed E-state index contributed by atoms with van der Waals surface area (Å²) in [4.78, 5) is 36.5. The first-order valence-corrected chi connectivity index (χ1v) is 12.9. The van der Waals surface area contributed by atoms with Crippen molar-refractivity contribution in [2.75, 3.05) is 43.0 Å². The predicted octanol–water partition coefficient (Wildman–Crippen LogP) is 2.38. The number of anilines is 2. The van der Waals surface area contributed by atoms with E-state index in [4.69, 9.17) is 21.4 Å². The monoisotopic (exact) mass is 538 g/mol. The summed E-state index contributed by atoms with van der Waals surface area (Å²) in [5, 5.41) is 14.6. The van der Waals surface area contributed by atoms with Crippen LogP contribution in [0.25, 0.3) is 0 Å². The van der Waals surface area contributed by atoms with E-state index in [0.29, 0.717) is 31.1 Å². The van der Waals surface area contributed by atoms with Gasteiger partial charge in [0.2, 0.25) is 11.8 Å². The molecule has 13 heteroatoms. The third-order valence-corrected chi connectivity index (χ3v) is 7.39. The highest BCUT2D eigenvalue weighted by atomic mass is 35.5. The van der Waals surface area contributed by atoms with E-state index in [1.807, 2.05) is 0 Å². The molecular formula is C23H27ClN4O7S. The molecule has 0 bridgehead atoms. The molecule has 3 amide bonds. The summed E-state index contributed by atoms with van der Waals surface area (Å²) in [6, 6.07) is 11.5. The number of benzene rings is 2. The minimum absolute atomic E-state index is 0.113. The molecular weight excluding hydrogens is 512 g/mol. The van der Waals surface area contributed by atoms with Crippen LogP contribution in [0.4, 0.5) is 16.2 Å². The maximum absolute atomic E-state index is 13.7. The average Bonchev–Trinajstić information content (AvgIpc) is 2.83. The fourth-order valence-electron chi connectivity index (χ4n) is 3.54. The summed E-state index contributed by atoms with van der Waals surface area (Å²) in [5.41, 5.74) is 0.347. The van der Waals surface area contributed by atoms with Crippen molar-refractivity contribution in [1.82, 2.24) is 10.2 Å². The third kappa shape index (κ3) is 7.33. The standard InChI is InChI=1S/C23H27ClN4O7S/c1-27(23(31)32)14-21(29)26-18-5-3-7-20(13-18)36(33,34)28(19-6-2-4-16(24)12-19)15-22(30)25-17-8-10-35-11-9-17/h2-7,12-13,17H,8-11,14-15H2,1H3,(H,25,30)(H,26,29)(H,31,32). The summed E-state index contributed by atoms with van der Waals surface area (Å²) in [6.45, 7) is 0.109. The zero-order chi connectivity index (χ0) is 26.3. The molecule has 11 nitrogen and oxygen atoms in total. The molecule has 0 aromatic heterocycles. The number of carboxylic acid groups (broad SMARTS) is 1. The molecule has 1 heterocycles. The molecule has 0 saturated carbocycles. The zero-order valence-corrected chi connectivity index (χ0v) is 21.1. The van der Waals surface area contributed by atoms with Crippen molar-refractivity contribution in [2.45, 2.75) is 23.8 Å². The molecule has 0 spiro atoms. The lowest BCUT2D eigenvalue weighted by molar-refractivity contribution is -0.121. The highest BCUT2D eigenvalue weighted by Crippen LogP contribution is 2.27. The molecule has 0 aliphatic carbocycles. The van der Waals surface area contributed by atoms with Gasteiger partial charge in [0.25, 0.3) is 10.0 Å². The molecule has 1 aliphatic rings. The second-order valence-corrected chi connectivity index (χ2v) is 10.5. The smallest absolute Gasteiger partial charge is 0.407 e. The maximum atomic E-state index is 13.7. The lowest BCUT2D eigenvalue weighted by Gasteiger charge is -2.27. The van der Waals surface area contributed by atoms with Crippen molar-refractivity contribution in [3.8, 4) is 0 Å². The minimum atomic E-state index is -4.27. The predicted molar refractivity (Wildman–Crippen MR) is 134 cm³/mol. The number of ether oxygens (including phenoxy) is 1. The quantitative estimate of drug-likeness (QED) is 0.444. The van der Waals surface area contributed by atoms with Gasteiger partial charge in [-0.15, -0.1) is 0 Å². The van der Waals surface area contributed by atoms with Crippen molar-refractivity contribution in [1.29, 1.82) is 0 Å². The molecule has 0 unspecified atom stereocenters. The normalized spacial score (nSPS) is 14.1. The highest BCUT2D eigenvalue weighted by Gasteiger charge is 2.29. The van der Waals surface area contributed by atoms with E-state index in [0.717, 1.165) is 9.21 Å². The van der Waals surface area contributed by atoms with E-state index in [1.165, 1.54) is 43.4 Å². The number of carbonyl (C=O) groups is 3. The van der Waals surface area contributed by atoms with Gasteiger partial charge < -0.3 is 25.4 Å². The van der Waals surface area contributed by atoms with E-state index in [1.54, 1.807) is 12.1 Å². The number of rotatable bonds is 9. The van der Waals surface area contributed by atoms with E-state index in [9.17, 15) is 22.8 Å². The number of sulfonamides is 1. The van der Waals surface area contributed by atoms with Gasteiger partial charge in [-0.3, -0.25) is 13.9 Å². The molecule has 36 heavy (non-hydrogen) atoms. The summed E-state index contributed by atoms with van der Waals surface area (Å²) >= 11 is 6.09. The summed E-state index contributed by atoms with van der Waals surface area (Å²) in [7, 11) is -3.04. The van der Waals surface area contributed by atoms with Crippen LogP contribution in [-0.2, 0) is 24.3 Å². The third-order valence-electron chi connectivity index (χ3n) is 5.38. The first-order valence-electron chi connectivity index (χ1n) is 11.1. The van der Waals surface area contributed by atoms with Gasteiger partial charge in [-0.05, 0) is 49.2 Å². The molecule has 0 radical (unpaired) electrons. The van der Waals surface area contributed by atoms with Crippen LogP contribution in [0.5, 0.6) is 0 Å². The second-order valence-electron chi connectivity index (χ2n) is 8.16. The largest absolute Gasteiger partial charge is 0.465 e. The summed E-state index contributed by atoms with van der Waals surface area (Å²) in [6.07, 6.45) is -0.0131. The van der Waals surface area contributed by atoms with Gasteiger partial charge in [-0.1, -0.05) is 23.7 Å². The van der Waals surface area contributed by atoms with Gasteiger partial charge in [0.05, 0.1) is 10.6 Å². The maximum Gasteiger partial charge on any atom is 0.407 e. The van der Waals surface area contributed by atoms with Crippen LogP contribution in [0.15, 0.2) is 53.4 Å². The van der Waals surface area contributed by atoms with Crippen LogP contribution in [0, 0.1) is 0 Å². The number of halogens is 1. The van der Waals surface area contributed by atoms with Gasteiger partial charge in [0.15, 0.2) is 0 Å². The van der Waals surface area contributed by atoms with Crippen LogP contribution in [0.3, 0.4) is 0 Å². The number of amides is 3. The Morgan fingerprint density at radius 3 is 2.42 bits per heavy atom. The lowest BCUT2D eigenvalue weighted by atomic mass is 10.1. The van der Waals surface area contributed by atoms with Crippen molar-refractivity contribution in [3.05, 3.63) is 53.6 Å². The van der Waals surface area contributed by atoms with E-state index in [-0.39, 0.29) is 22.3 Å². The SMILES string of the molecule is CN(CC(=O)Nc1cccc(S(=O)(=O)N(CC(=O)NC2CCOCC2)c2cccc(Cl)c2)c1)C(=O)O. The van der Waals surface area contributed by atoms with E-state index in [2.05, 4.69) is 10.6 Å². The molecule has 0 atom stereocenters. The molecule has 3 rings (SSSR count). The number of carbonyl (C=O) groups excluding carboxylic acids is 2. The van der Waals surface area contributed by atoms with Crippen LogP contribution in [0.1, 0.15) is 12.8 Å². The molecule has 3 N–H and O–H groups in total. The van der Waals surface area contributed by atoms with Crippen LogP contribution in [0.2, 0.25) is 5.02 Å². The second kappa shape index (κ2) is 12.1. The zero-order valence-electron chi connectivity index (χ0n) is 19.5.